The van der Waals surface area contributed by atoms with Crippen molar-refractivity contribution in [1.29, 1.82) is 0 Å². The number of pyridine rings is 1. The van der Waals surface area contributed by atoms with Crippen molar-refractivity contribution in [2.75, 3.05) is 50.2 Å². The maximum atomic E-state index is 15.2. The van der Waals surface area contributed by atoms with E-state index < -0.39 is 28.6 Å². The van der Waals surface area contributed by atoms with Crippen LogP contribution in [-0.2, 0) is 0 Å². The van der Waals surface area contributed by atoms with Crippen molar-refractivity contribution in [1.82, 2.24) is 9.99 Å². The fourth-order valence-electron chi connectivity index (χ4n) is 3.03. The van der Waals surface area contributed by atoms with E-state index in [-0.39, 0.29) is 16.6 Å². The van der Waals surface area contributed by atoms with Crippen molar-refractivity contribution < 1.29 is 18.7 Å². The molecule has 7 nitrogen and oxygen atoms in total. The highest BCUT2D eigenvalue weighted by Gasteiger charge is 2.26. The van der Waals surface area contributed by atoms with Crippen molar-refractivity contribution in [2.24, 2.45) is 0 Å². The summed E-state index contributed by atoms with van der Waals surface area (Å²) in [5.74, 6) is -3.20. The van der Waals surface area contributed by atoms with Crippen LogP contribution in [0.1, 0.15) is 10.4 Å². The van der Waals surface area contributed by atoms with E-state index in [2.05, 4.69) is 5.32 Å². The van der Waals surface area contributed by atoms with Crippen LogP contribution in [0.5, 0.6) is 0 Å². The normalized spacial score (nSPS) is 14.8. The first-order valence-electron chi connectivity index (χ1n) is 7.77. The third-order valence-corrected chi connectivity index (χ3v) is 4.23. The lowest BCUT2D eigenvalue weighted by molar-refractivity contribution is 0.0695. The summed E-state index contributed by atoms with van der Waals surface area (Å²) in [6.07, 6.45) is 1.05. The van der Waals surface area contributed by atoms with Gasteiger partial charge in [0.15, 0.2) is 5.82 Å². The largest absolute Gasteiger partial charge is 0.477 e. The Morgan fingerprint density at radius 1 is 1.28 bits per heavy atom. The summed E-state index contributed by atoms with van der Waals surface area (Å²) in [6.45, 7) is 2.04. The highest BCUT2D eigenvalue weighted by Crippen LogP contribution is 2.30. The zero-order valence-corrected chi connectivity index (χ0v) is 13.8. The molecule has 0 unspecified atom stereocenters. The molecule has 1 fully saturated rings. The van der Waals surface area contributed by atoms with Gasteiger partial charge in [0.1, 0.15) is 22.6 Å². The van der Waals surface area contributed by atoms with Gasteiger partial charge in [-0.2, -0.15) is 0 Å². The number of hydrogen-bond acceptors (Lipinski definition) is 5. The molecule has 2 aromatic rings. The van der Waals surface area contributed by atoms with Crippen LogP contribution in [0.4, 0.5) is 14.5 Å². The molecule has 0 radical (unpaired) electrons. The first kappa shape index (κ1) is 17.2. The van der Waals surface area contributed by atoms with Gasteiger partial charge in [0.05, 0.1) is 5.39 Å². The molecule has 0 spiro atoms. The predicted octanol–water partition coefficient (Wildman–Crippen LogP) is 0.585. The first-order valence-corrected chi connectivity index (χ1v) is 7.77. The lowest BCUT2D eigenvalue weighted by atomic mass is 10.1. The molecule has 1 aromatic heterocycles. The lowest BCUT2D eigenvalue weighted by Crippen LogP contribution is -2.44. The van der Waals surface area contributed by atoms with Gasteiger partial charge >= 0.3 is 5.97 Å². The standard InChI is InChI=1S/C16H18F2N4O3/c1-20(2)22-8-10(16(24)25)15(23)9-7-11(17)14(12(18)13(9)22)21-5-3-19-4-6-21/h7-8,19H,3-6H2,1-2H3,(H,24,25). The fourth-order valence-corrected chi connectivity index (χ4v) is 3.03. The van der Waals surface area contributed by atoms with E-state index in [4.69, 9.17) is 0 Å². The molecule has 1 saturated heterocycles. The smallest absolute Gasteiger partial charge is 0.341 e. The Labute approximate surface area is 142 Å². The number of benzene rings is 1. The number of piperazine rings is 1. The van der Waals surface area contributed by atoms with Crippen LogP contribution in [-0.4, -0.2) is 56.0 Å². The third kappa shape index (κ3) is 2.80. The number of aromatic carboxylic acids is 1. The fraction of sp³-hybridized carbons (Fsp3) is 0.375. The van der Waals surface area contributed by atoms with Gasteiger partial charge in [0.2, 0.25) is 5.43 Å². The van der Waals surface area contributed by atoms with Crippen LogP contribution in [0.15, 0.2) is 17.1 Å². The van der Waals surface area contributed by atoms with E-state index in [1.54, 1.807) is 19.0 Å². The zero-order chi connectivity index (χ0) is 18.3. The molecule has 0 saturated carbocycles. The molecule has 9 heteroatoms. The third-order valence-electron chi connectivity index (χ3n) is 4.23. The number of carbonyl (C=O) groups is 1. The second-order valence-corrected chi connectivity index (χ2v) is 6.02. The number of rotatable bonds is 3. The van der Waals surface area contributed by atoms with Gasteiger partial charge in [-0.15, -0.1) is 0 Å². The average Bonchev–Trinajstić information content (AvgIpc) is 2.56. The second-order valence-electron chi connectivity index (χ2n) is 6.02. The average molecular weight is 352 g/mol. The summed E-state index contributed by atoms with van der Waals surface area (Å²) in [6, 6.07) is 0.921. The van der Waals surface area contributed by atoms with Gasteiger partial charge in [0.25, 0.3) is 0 Å². The molecule has 0 aliphatic carbocycles. The topological polar surface area (TPSA) is 77.8 Å². The first-order chi connectivity index (χ1) is 11.8. The highest BCUT2D eigenvalue weighted by molar-refractivity contribution is 5.94. The molecule has 1 aromatic carbocycles. The van der Waals surface area contributed by atoms with Gasteiger partial charge in [0, 0.05) is 46.5 Å². The van der Waals surface area contributed by atoms with E-state index in [1.165, 1.54) is 9.69 Å². The van der Waals surface area contributed by atoms with E-state index >= 15 is 4.39 Å². The van der Waals surface area contributed by atoms with E-state index in [1.807, 2.05) is 0 Å². The maximum Gasteiger partial charge on any atom is 0.341 e. The molecule has 0 bridgehead atoms. The maximum absolute atomic E-state index is 15.2. The van der Waals surface area contributed by atoms with Gasteiger partial charge < -0.3 is 20.3 Å². The summed E-state index contributed by atoms with van der Waals surface area (Å²) in [7, 11) is 3.14. The van der Waals surface area contributed by atoms with Crippen LogP contribution in [0.2, 0.25) is 0 Å². The molecule has 1 aliphatic rings. The molecular formula is C16H18F2N4O3. The van der Waals surface area contributed by atoms with Crippen molar-refractivity contribution >= 4 is 22.6 Å². The summed E-state index contributed by atoms with van der Waals surface area (Å²) < 4.78 is 31.0. The molecule has 25 heavy (non-hydrogen) atoms. The van der Waals surface area contributed by atoms with Crippen LogP contribution < -0.4 is 20.7 Å². The summed E-state index contributed by atoms with van der Waals surface area (Å²) in [5, 5.41) is 13.4. The zero-order valence-electron chi connectivity index (χ0n) is 13.8. The number of fused-ring (bicyclic) bond motifs is 1. The number of hydrogen-bond donors (Lipinski definition) is 2. The van der Waals surface area contributed by atoms with Gasteiger partial charge in [-0.1, -0.05) is 0 Å². The number of halogens is 2. The summed E-state index contributed by atoms with van der Waals surface area (Å²) in [5.41, 5.74) is -1.80. The molecule has 3 rings (SSSR count). The SMILES string of the molecule is CN(C)n1cc(C(=O)O)c(=O)c2cc(F)c(N3CCNCC3)c(F)c21. The molecule has 0 amide bonds. The van der Waals surface area contributed by atoms with Crippen LogP contribution in [0, 0.1) is 11.6 Å². The van der Waals surface area contributed by atoms with Crippen LogP contribution in [0.25, 0.3) is 10.9 Å². The Morgan fingerprint density at radius 3 is 2.48 bits per heavy atom. The molecule has 134 valence electrons. The quantitative estimate of drug-likeness (QED) is 0.842. The predicted molar refractivity (Wildman–Crippen MR) is 90.2 cm³/mol. The van der Waals surface area contributed by atoms with Gasteiger partial charge in [-0.05, 0) is 6.07 Å². The Kier molecular flexibility index (Phi) is 4.34. The minimum atomic E-state index is -1.45. The van der Waals surface area contributed by atoms with Crippen molar-refractivity contribution in [2.45, 2.75) is 0 Å². The number of nitrogens with one attached hydrogen (secondary N) is 1. The Balaban J connectivity index is 2.37. The lowest BCUT2D eigenvalue weighted by Gasteiger charge is -2.31. The van der Waals surface area contributed by atoms with Gasteiger partial charge in [-0.25, -0.2) is 13.6 Å². The minimum Gasteiger partial charge on any atom is -0.477 e. The number of aromatic nitrogens is 1. The highest BCUT2D eigenvalue weighted by atomic mass is 19.1. The molecule has 0 atom stereocenters. The molecule has 1 aliphatic heterocycles. The Bertz CT molecular complexity index is 905. The monoisotopic (exact) mass is 352 g/mol. The molecular weight excluding hydrogens is 334 g/mol. The number of carboxylic acids is 1. The summed E-state index contributed by atoms with van der Waals surface area (Å²) in [4.78, 5) is 25.2. The van der Waals surface area contributed by atoms with E-state index in [0.717, 1.165) is 12.3 Å². The van der Waals surface area contributed by atoms with Crippen molar-refractivity contribution in [3.8, 4) is 0 Å². The second kappa shape index (κ2) is 6.32. The minimum absolute atomic E-state index is 0.144. The number of nitrogens with zero attached hydrogens (tertiary/aromatic N) is 3. The van der Waals surface area contributed by atoms with E-state index in [9.17, 15) is 19.1 Å². The van der Waals surface area contributed by atoms with E-state index in [0.29, 0.717) is 26.2 Å². The van der Waals surface area contributed by atoms with Crippen molar-refractivity contribution in [3.63, 3.8) is 0 Å². The van der Waals surface area contributed by atoms with Crippen LogP contribution in [0.3, 0.4) is 0 Å². The number of anilines is 1. The molecule has 2 heterocycles. The van der Waals surface area contributed by atoms with Crippen molar-refractivity contribution in [3.05, 3.63) is 39.7 Å². The molecule has 2 N–H and O–H groups in total. The summed E-state index contributed by atoms with van der Waals surface area (Å²) >= 11 is 0. The number of carboxylic acid groups (broad SMARTS) is 1. The Hall–Kier alpha value is -2.68. The van der Waals surface area contributed by atoms with Gasteiger partial charge in [-0.3, -0.25) is 9.47 Å². The van der Waals surface area contributed by atoms with Crippen LogP contribution >= 0.6 is 0 Å². The Morgan fingerprint density at radius 2 is 1.92 bits per heavy atom.